The van der Waals surface area contributed by atoms with E-state index in [9.17, 15) is 9.59 Å². The molecule has 0 aromatic rings. The highest BCUT2D eigenvalue weighted by Gasteiger charge is 2.28. The largest absolute Gasteiger partial charge is 0.354 e. The van der Waals surface area contributed by atoms with Gasteiger partial charge in [-0.2, -0.15) is 0 Å². The van der Waals surface area contributed by atoms with Crippen LogP contribution in [-0.4, -0.2) is 55.0 Å². The van der Waals surface area contributed by atoms with Crippen LogP contribution in [0, 0.1) is 5.92 Å². The molecular weight excluding hydrogens is 268 g/mol. The van der Waals surface area contributed by atoms with Crippen molar-refractivity contribution < 1.29 is 9.59 Å². The Morgan fingerprint density at radius 1 is 1.38 bits per heavy atom. The molecule has 2 saturated heterocycles. The monoisotopic (exact) mass is 296 g/mol. The summed E-state index contributed by atoms with van der Waals surface area (Å²) in [6.07, 6.45) is 4.32. The number of nitrogens with one attached hydrogen (secondary N) is 2. The van der Waals surface area contributed by atoms with Gasteiger partial charge in [0.05, 0.1) is 6.04 Å². The lowest BCUT2D eigenvalue weighted by molar-refractivity contribution is -0.135. The third-order valence-corrected chi connectivity index (χ3v) is 4.59. The molecule has 6 heteroatoms. The molecule has 0 aliphatic carbocycles. The Hall–Kier alpha value is -1.14. The van der Waals surface area contributed by atoms with Crippen molar-refractivity contribution in [1.82, 2.24) is 15.5 Å². The third-order valence-electron chi connectivity index (χ3n) is 4.59. The molecular formula is C15H28N4O2. The number of rotatable bonds is 5. The molecule has 2 aliphatic heterocycles. The standard InChI is InChI=1S/C15H28N4O2/c1-11-5-8-19(12(9-11)10-16)14(20)4-7-18-15(21)13-3-2-6-17-13/h11-13,17H,2-10,16H2,1H3,(H,18,21). The molecule has 2 rings (SSSR count). The number of hydrogen-bond donors (Lipinski definition) is 3. The highest BCUT2D eigenvalue weighted by Crippen LogP contribution is 2.22. The summed E-state index contributed by atoms with van der Waals surface area (Å²) in [5, 5.41) is 6.01. The van der Waals surface area contributed by atoms with Gasteiger partial charge in [-0.05, 0) is 38.1 Å². The fourth-order valence-electron chi connectivity index (χ4n) is 3.27. The summed E-state index contributed by atoms with van der Waals surface area (Å²) in [7, 11) is 0. The van der Waals surface area contributed by atoms with Gasteiger partial charge in [0.1, 0.15) is 0 Å². The maximum Gasteiger partial charge on any atom is 0.237 e. The first-order chi connectivity index (χ1) is 10.1. The smallest absolute Gasteiger partial charge is 0.237 e. The second kappa shape index (κ2) is 7.75. The van der Waals surface area contributed by atoms with Crippen LogP contribution in [0.5, 0.6) is 0 Å². The lowest BCUT2D eigenvalue weighted by atomic mass is 9.92. The third kappa shape index (κ3) is 4.41. The van der Waals surface area contributed by atoms with Crippen LogP contribution in [0.4, 0.5) is 0 Å². The molecule has 2 amide bonds. The molecule has 0 bridgehead atoms. The Labute approximate surface area is 126 Å². The summed E-state index contributed by atoms with van der Waals surface area (Å²) >= 11 is 0. The number of nitrogens with two attached hydrogens (primary N) is 1. The average Bonchev–Trinajstić information content (AvgIpc) is 3.01. The van der Waals surface area contributed by atoms with Crippen molar-refractivity contribution in [2.24, 2.45) is 11.7 Å². The molecule has 2 aliphatic rings. The Balaban J connectivity index is 1.72. The second-order valence-corrected chi connectivity index (χ2v) is 6.30. The van der Waals surface area contributed by atoms with Crippen LogP contribution >= 0.6 is 0 Å². The Morgan fingerprint density at radius 3 is 2.86 bits per heavy atom. The lowest BCUT2D eigenvalue weighted by Crippen LogP contribution is -2.50. The van der Waals surface area contributed by atoms with Gasteiger partial charge in [0, 0.05) is 32.1 Å². The van der Waals surface area contributed by atoms with Crippen LogP contribution in [0.3, 0.4) is 0 Å². The Morgan fingerprint density at radius 2 is 2.19 bits per heavy atom. The van der Waals surface area contributed by atoms with E-state index in [1.165, 1.54) is 0 Å². The van der Waals surface area contributed by atoms with E-state index in [1.54, 1.807) is 0 Å². The zero-order chi connectivity index (χ0) is 15.2. The summed E-state index contributed by atoms with van der Waals surface area (Å²) in [6, 6.07) is 0.0844. The summed E-state index contributed by atoms with van der Waals surface area (Å²) < 4.78 is 0. The fourth-order valence-corrected chi connectivity index (χ4v) is 3.27. The molecule has 4 N–H and O–H groups in total. The predicted molar refractivity (Wildman–Crippen MR) is 81.6 cm³/mol. The minimum Gasteiger partial charge on any atom is -0.354 e. The number of hydrogen-bond acceptors (Lipinski definition) is 4. The normalized spacial score (nSPS) is 29.4. The first-order valence-electron chi connectivity index (χ1n) is 8.12. The highest BCUT2D eigenvalue weighted by molar-refractivity contribution is 5.83. The topological polar surface area (TPSA) is 87.5 Å². The maximum atomic E-state index is 12.3. The van der Waals surface area contributed by atoms with E-state index in [4.69, 9.17) is 5.73 Å². The molecule has 2 heterocycles. The molecule has 0 saturated carbocycles. The molecule has 3 unspecified atom stereocenters. The number of nitrogens with zero attached hydrogens (tertiary/aromatic N) is 1. The Kier molecular flexibility index (Phi) is 5.99. The van der Waals surface area contributed by atoms with E-state index in [-0.39, 0.29) is 23.9 Å². The van der Waals surface area contributed by atoms with Crippen molar-refractivity contribution in [2.45, 2.75) is 51.1 Å². The van der Waals surface area contributed by atoms with Gasteiger partial charge in [-0.3, -0.25) is 9.59 Å². The van der Waals surface area contributed by atoms with E-state index in [2.05, 4.69) is 17.6 Å². The van der Waals surface area contributed by atoms with Crippen LogP contribution in [0.15, 0.2) is 0 Å². The summed E-state index contributed by atoms with van der Waals surface area (Å²) in [6.45, 7) is 4.84. The van der Waals surface area contributed by atoms with Gasteiger partial charge >= 0.3 is 0 Å². The minimum atomic E-state index is -0.0762. The van der Waals surface area contributed by atoms with E-state index in [0.717, 1.165) is 38.8 Å². The SMILES string of the molecule is CC1CCN(C(=O)CCNC(=O)C2CCCN2)C(CN)C1. The molecule has 3 atom stereocenters. The van der Waals surface area contributed by atoms with Crippen molar-refractivity contribution in [3.8, 4) is 0 Å². The molecule has 0 aromatic carbocycles. The molecule has 0 aromatic heterocycles. The van der Waals surface area contributed by atoms with Crippen molar-refractivity contribution in [1.29, 1.82) is 0 Å². The maximum absolute atomic E-state index is 12.3. The molecule has 0 spiro atoms. The molecule has 120 valence electrons. The fraction of sp³-hybridized carbons (Fsp3) is 0.867. The highest BCUT2D eigenvalue weighted by atomic mass is 16.2. The molecule has 0 radical (unpaired) electrons. The number of likely N-dealkylation sites (tertiary alicyclic amines) is 1. The van der Waals surface area contributed by atoms with Crippen molar-refractivity contribution in [3.63, 3.8) is 0 Å². The number of amides is 2. The summed E-state index contributed by atoms with van der Waals surface area (Å²) in [5.41, 5.74) is 5.78. The zero-order valence-electron chi connectivity index (χ0n) is 12.9. The summed E-state index contributed by atoms with van der Waals surface area (Å²) in [4.78, 5) is 26.0. The molecule has 2 fully saturated rings. The van der Waals surface area contributed by atoms with Gasteiger partial charge in [-0.25, -0.2) is 0 Å². The summed E-state index contributed by atoms with van der Waals surface area (Å²) in [5.74, 6) is 0.760. The van der Waals surface area contributed by atoms with Gasteiger partial charge in [0.25, 0.3) is 0 Å². The molecule has 6 nitrogen and oxygen atoms in total. The molecule has 21 heavy (non-hydrogen) atoms. The average molecular weight is 296 g/mol. The van der Waals surface area contributed by atoms with Gasteiger partial charge in [0.2, 0.25) is 11.8 Å². The van der Waals surface area contributed by atoms with E-state index in [1.807, 2.05) is 4.90 Å². The van der Waals surface area contributed by atoms with Crippen LogP contribution in [0.1, 0.15) is 39.0 Å². The second-order valence-electron chi connectivity index (χ2n) is 6.30. The van der Waals surface area contributed by atoms with Crippen LogP contribution in [-0.2, 0) is 9.59 Å². The van der Waals surface area contributed by atoms with Gasteiger partial charge in [-0.1, -0.05) is 6.92 Å². The van der Waals surface area contributed by atoms with Crippen molar-refractivity contribution in [3.05, 3.63) is 0 Å². The number of piperidine rings is 1. The van der Waals surface area contributed by atoms with Gasteiger partial charge in [0.15, 0.2) is 0 Å². The van der Waals surface area contributed by atoms with E-state index < -0.39 is 0 Å². The first kappa shape index (κ1) is 16.2. The van der Waals surface area contributed by atoms with Gasteiger partial charge in [-0.15, -0.1) is 0 Å². The van der Waals surface area contributed by atoms with Crippen LogP contribution in [0.2, 0.25) is 0 Å². The van der Waals surface area contributed by atoms with Crippen LogP contribution in [0.25, 0.3) is 0 Å². The lowest BCUT2D eigenvalue weighted by Gasteiger charge is -2.38. The first-order valence-corrected chi connectivity index (χ1v) is 8.12. The van der Waals surface area contributed by atoms with Crippen LogP contribution < -0.4 is 16.4 Å². The van der Waals surface area contributed by atoms with Crippen molar-refractivity contribution >= 4 is 11.8 Å². The van der Waals surface area contributed by atoms with Gasteiger partial charge < -0.3 is 21.3 Å². The van der Waals surface area contributed by atoms with Crippen molar-refractivity contribution in [2.75, 3.05) is 26.2 Å². The zero-order valence-corrected chi connectivity index (χ0v) is 12.9. The predicted octanol–water partition coefficient (Wildman–Crippen LogP) is -0.169. The quantitative estimate of drug-likeness (QED) is 0.657. The van der Waals surface area contributed by atoms with E-state index in [0.29, 0.717) is 25.4 Å². The Bertz CT molecular complexity index is 369. The minimum absolute atomic E-state index is 0.0166. The number of carbonyl (C=O) groups excluding carboxylic acids is 2. The number of carbonyl (C=O) groups is 2. The van der Waals surface area contributed by atoms with E-state index >= 15 is 0 Å².